The third-order valence-electron chi connectivity index (χ3n) is 9.23. The quantitative estimate of drug-likeness (QED) is 0.110. The molecule has 0 aliphatic carbocycles. The predicted molar refractivity (Wildman–Crippen MR) is 170 cm³/mol. The Hall–Kier alpha value is -3.67. The van der Waals surface area contributed by atoms with Gasteiger partial charge in [-0.25, -0.2) is 0 Å². The zero-order valence-corrected chi connectivity index (χ0v) is 27.5. The molecule has 286 valence electrons. The van der Waals surface area contributed by atoms with Gasteiger partial charge in [0.25, 0.3) is 0 Å². The van der Waals surface area contributed by atoms with E-state index >= 15 is 0 Å². The summed E-state index contributed by atoms with van der Waals surface area (Å²) in [6.45, 7) is 2.25. The van der Waals surface area contributed by atoms with Gasteiger partial charge in [-0.2, -0.15) is 0 Å². The summed E-state index contributed by atoms with van der Waals surface area (Å²) in [4.78, 5) is 14.0. The van der Waals surface area contributed by atoms with Crippen molar-refractivity contribution >= 4 is 11.0 Å². The third-order valence-corrected chi connectivity index (χ3v) is 9.23. The lowest BCUT2D eigenvalue weighted by atomic mass is 9.98. The number of rotatable bonds is 8. The molecule has 2 aromatic carbocycles. The summed E-state index contributed by atoms with van der Waals surface area (Å²) in [6, 6.07) is 7.38. The van der Waals surface area contributed by atoms with E-state index in [4.69, 9.17) is 32.8 Å². The Morgan fingerprint density at radius 3 is 1.79 bits per heavy atom. The van der Waals surface area contributed by atoms with Crippen LogP contribution in [0.1, 0.15) is 13.8 Å². The van der Waals surface area contributed by atoms with E-state index < -0.39 is 121 Å². The second-order valence-electron chi connectivity index (χ2n) is 12.9. The summed E-state index contributed by atoms with van der Waals surface area (Å²) in [5.41, 5.74) is -1.16. The minimum atomic E-state index is -1.98. The van der Waals surface area contributed by atoms with E-state index in [2.05, 4.69) is 0 Å². The monoisotopic (exact) mass is 740 g/mol. The molecule has 0 spiro atoms. The van der Waals surface area contributed by atoms with Gasteiger partial charge in [0, 0.05) is 17.7 Å². The lowest BCUT2D eigenvalue weighted by Crippen LogP contribution is -2.61. The van der Waals surface area contributed by atoms with Gasteiger partial charge in [0.15, 0.2) is 12.1 Å². The summed E-state index contributed by atoms with van der Waals surface area (Å²) in [7, 11) is 0. The van der Waals surface area contributed by atoms with E-state index in [1.807, 2.05) is 0 Å². The molecule has 19 heteroatoms. The van der Waals surface area contributed by atoms with Gasteiger partial charge in [-0.1, -0.05) is 0 Å². The molecular formula is C33H40O19. The first kappa shape index (κ1) is 38.1. The third kappa shape index (κ3) is 7.16. The molecule has 1 aromatic heterocycles. The van der Waals surface area contributed by atoms with Crippen molar-refractivity contribution < 1.29 is 89.0 Å². The number of hydrogen-bond donors (Lipinski definition) is 11. The highest BCUT2D eigenvalue weighted by molar-refractivity contribution is 5.88. The second kappa shape index (κ2) is 15.0. The molecule has 0 bridgehead atoms. The maximum absolute atomic E-state index is 14.0. The number of aliphatic hydroxyl groups excluding tert-OH is 9. The zero-order chi connectivity index (χ0) is 37.8. The number of phenols is 2. The van der Waals surface area contributed by atoms with Gasteiger partial charge in [-0.15, -0.1) is 0 Å². The summed E-state index contributed by atoms with van der Waals surface area (Å²) in [5, 5.41) is 114. The van der Waals surface area contributed by atoms with Gasteiger partial charge >= 0.3 is 0 Å². The van der Waals surface area contributed by atoms with Gasteiger partial charge in [0.2, 0.25) is 23.8 Å². The first-order chi connectivity index (χ1) is 24.6. The van der Waals surface area contributed by atoms with Crippen LogP contribution in [-0.4, -0.2) is 155 Å². The Balaban J connectivity index is 1.32. The van der Waals surface area contributed by atoms with Crippen LogP contribution < -0.4 is 14.9 Å². The standard InChI is InChI=1S/C33H40O19/c1-10-19(36)23(40)26(43)31(47-10)46-9-17-21(38)25(42)28(45)33(51-17)52-30-22(39)18-15(35)7-14(49-32-27(44)24(41)20(37)11(2)48-32)8-16(18)50-29(30)12-3-5-13(34)6-4-12/h3-8,10-11,17,19-21,23-28,31-38,40-45H,9H2,1-2H3/t10-,11+,17+,19-,20-,21+,23-,24-,25+,26+,27+,28+,31+,32-,33-/m0/s1. The molecule has 0 saturated carbocycles. The molecular weight excluding hydrogens is 700 g/mol. The Labute approximate surface area is 293 Å². The number of hydrogen-bond acceptors (Lipinski definition) is 19. The van der Waals surface area contributed by atoms with Crippen molar-refractivity contribution in [3.63, 3.8) is 0 Å². The Bertz CT molecular complexity index is 1770. The minimum absolute atomic E-state index is 0.138. The summed E-state index contributed by atoms with van der Waals surface area (Å²) < 4.78 is 39.5. The largest absolute Gasteiger partial charge is 0.508 e. The molecule has 6 rings (SSSR count). The summed E-state index contributed by atoms with van der Waals surface area (Å²) in [5.74, 6) is -2.01. The lowest BCUT2D eigenvalue weighted by molar-refractivity contribution is -0.318. The van der Waals surface area contributed by atoms with Crippen LogP contribution in [0, 0.1) is 0 Å². The topological polar surface area (TPSA) is 308 Å². The lowest BCUT2D eigenvalue weighted by Gasteiger charge is -2.42. The fourth-order valence-electron chi connectivity index (χ4n) is 6.09. The first-order valence-electron chi connectivity index (χ1n) is 16.2. The highest BCUT2D eigenvalue weighted by Gasteiger charge is 2.48. The van der Waals surface area contributed by atoms with Crippen molar-refractivity contribution in [2.24, 2.45) is 0 Å². The van der Waals surface area contributed by atoms with Crippen molar-refractivity contribution in [1.29, 1.82) is 0 Å². The van der Waals surface area contributed by atoms with Crippen LogP contribution in [0.25, 0.3) is 22.3 Å². The average Bonchev–Trinajstić information content (AvgIpc) is 3.11. The van der Waals surface area contributed by atoms with Crippen molar-refractivity contribution in [2.45, 2.75) is 106 Å². The SMILES string of the molecule is C[C@@H]1O[C@@H](OC[C@H]2O[C@@H](Oc3c(-c4ccc(O)cc4)oc4cc(O[C@@H]5O[C@H](C)[C@H](O)[C@H](O)[C@H]5O)cc(O)c4c3=O)[C@H](O)[C@H](O)[C@@H]2O)[C@H](O)[C@@H](O)[C@H]1O. The van der Waals surface area contributed by atoms with Gasteiger partial charge in [-0.05, 0) is 38.1 Å². The van der Waals surface area contributed by atoms with E-state index in [0.717, 1.165) is 6.07 Å². The molecule has 3 aliphatic heterocycles. The van der Waals surface area contributed by atoms with E-state index in [9.17, 15) is 61.0 Å². The molecule has 3 fully saturated rings. The summed E-state index contributed by atoms with van der Waals surface area (Å²) >= 11 is 0. The molecule has 15 atom stereocenters. The molecule has 11 N–H and O–H groups in total. The average molecular weight is 741 g/mol. The fraction of sp³-hybridized carbons (Fsp3) is 0.545. The van der Waals surface area contributed by atoms with Crippen molar-refractivity contribution in [1.82, 2.24) is 0 Å². The highest BCUT2D eigenvalue weighted by atomic mass is 16.7. The fourth-order valence-corrected chi connectivity index (χ4v) is 6.09. The molecule has 0 amide bonds. The number of benzene rings is 2. The van der Waals surface area contributed by atoms with Crippen LogP contribution in [0.15, 0.2) is 45.6 Å². The normalized spacial score (nSPS) is 38.2. The number of ether oxygens (including phenoxy) is 6. The van der Waals surface area contributed by atoms with Gasteiger partial charge in [0.05, 0.1) is 18.8 Å². The van der Waals surface area contributed by atoms with Gasteiger partial charge in [0.1, 0.15) is 89.3 Å². The Morgan fingerprint density at radius 1 is 0.635 bits per heavy atom. The van der Waals surface area contributed by atoms with Crippen LogP contribution in [0.4, 0.5) is 0 Å². The van der Waals surface area contributed by atoms with E-state index in [1.54, 1.807) is 0 Å². The van der Waals surface area contributed by atoms with Crippen molar-refractivity contribution in [2.75, 3.05) is 6.61 Å². The number of aliphatic hydroxyl groups is 9. The minimum Gasteiger partial charge on any atom is -0.508 e. The van der Waals surface area contributed by atoms with E-state index in [1.165, 1.54) is 44.2 Å². The van der Waals surface area contributed by atoms with Gasteiger partial charge < -0.3 is 89.0 Å². The molecule has 3 aromatic rings. The van der Waals surface area contributed by atoms with Crippen LogP contribution >= 0.6 is 0 Å². The number of phenolic OH excluding ortho intramolecular Hbond substituents is 2. The van der Waals surface area contributed by atoms with Crippen LogP contribution in [0.2, 0.25) is 0 Å². The van der Waals surface area contributed by atoms with Crippen LogP contribution in [0.5, 0.6) is 23.0 Å². The Kier molecular flexibility index (Phi) is 11.0. The molecule has 0 radical (unpaired) electrons. The predicted octanol–water partition coefficient (Wildman–Crippen LogP) is -2.89. The highest BCUT2D eigenvalue weighted by Crippen LogP contribution is 2.38. The van der Waals surface area contributed by atoms with Crippen molar-refractivity contribution in [3.05, 3.63) is 46.6 Å². The molecule has 4 heterocycles. The number of aromatic hydroxyl groups is 2. The number of fused-ring (bicyclic) bond motifs is 1. The molecule has 3 aliphatic rings. The van der Waals surface area contributed by atoms with Gasteiger partial charge in [-0.3, -0.25) is 4.79 Å². The Morgan fingerprint density at radius 2 is 1.17 bits per heavy atom. The zero-order valence-electron chi connectivity index (χ0n) is 27.5. The van der Waals surface area contributed by atoms with E-state index in [0.29, 0.717) is 0 Å². The smallest absolute Gasteiger partial charge is 0.239 e. The van der Waals surface area contributed by atoms with E-state index in [-0.39, 0.29) is 28.4 Å². The molecule has 3 saturated heterocycles. The molecule has 0 unspecified atom stereocenters. The van der Waals surface area contributed by atoms with Crippen LogP contribution in [-0.2, 0) is 18.9 Å². The maximum Gasteiger partial charge on any atom is 0.239 e. The molecule has 52 heavy (non-hydrogen) atoms. The van der Waals surface area contributed by atoms with Crippen LogP contribution in [0.3, 0.4) is 0 Å². The molecule has 19 nitrogen and oxygen atoms in total. The maximum atomic E-state index is 14.0. The summed E-state index contributed by atoms with van der Waals surface area (Å²) in [6.07, 6.45) is -23.5. The van der Waals surface area contributed by atoms with Crippen molar-refractivity contribution in [3.8, 4) is 34.3 Å². The first-order valence-corrected chi connectivity index (χ1v) is 16.2. The second-order valence-corrected chi connectivity index (χ2v) is 12.9.